The molecular weight excluding hydrogens is 458 g/mol. The predicted molar refractivity (Wildman–Crippen MR) is 136 cm³/mol. The van der Waals surface area contributed by atoms with Gasteiger partial charge in [0.25, 0.3) is 5.56 Å². The number of aromatic amines is 1. The first-order valence-electron chi connectivity index (χ1n) is 12.4. The Morgan fingerprint density at radius 1 is 1.14 bits per heavy atom. The fourth-order valence-corrected chi connectivity index (χ4v) is 6.28. The Balaban J connectivity index is 1.20. The highest BCUT2D eigenvalue weighted by Gasteiger charge is 2.57. The van der Waals surface area contributed by atoms with E-state index >= 15 is 0 Å². The number of rotatable bonds is 5. The maximum Gasteiger partial charge on any atom is 0.511 e. The minimum atomic E-state index is -1.63. The Kier molecular flexibility index (Phi) is 5.48. The minimum absolute atomic E-state index is 0.390. The van der Waals surface area contributed by atoms with E-state index in [-0.39, 0.29) is 0 Å². The van der Waals surface area contributed by atoms with Crippen molar-refractivity contribution in [2.45, 2.75) is 31.8 Å². The van der Waals surface area contributed by atoms with Crippen molar-refractivity contribution in [1.82, 2.24) is 9.88 Å². The normalized spacial score (nSPS) is 21.9. The molecule has 3 aromatic rings. The summed E-state index contributed by atoms with van der Waals surface area (Å²) in [6.45, 7) is 3.05. The molecule has 1 aliphatic heterocycles. The number of pyridine rings is 1. The smallest absolute Gasteiger partial charge is 0.504 e. The third kappa shape index (κ3) is 3.91. The number of carboxylic acid groups (broad SMARTS) is 1. The number of carbonyl (C=O) groups is 1. The third-order valence-corrected chi connectivity index (χ3v) is 7.97. The van der Waals surface area contributed by atoms with Gasteiger partial charge in [-0.2, -0.15) is 0 Å². The van der Waals surface area contributed by atoms with Crippen molar-refractivity contribution in [3.05, 3.63) is 75.6 Å². The molecule has 8 heteroatoms. The molecule has 3 N–H and O–H groups in total. The van der Waals surface area contributed by atoms with Gasteiger partial charge in [-0.15, -0.1) is 0 Å². The summed E-state index contributed by atoms with van der Waals surface area (Å²) in [7, 11) is 2.23. The van der Waals surface area contributed by atoms with E-state index in [1.807, 2.05) is 6.07 Å². The molecule has 1 unspecified atom stereocenters. The van der Waals surface area contributed by atoms with E-state index in [2.05, 4.69) is 69.0 Å². The number of benzene rings is 2. The number of aryl methyl sites for hydroxylation is 1. The second kappa shape index (κ2) is 8.71. The zero-order valence-corrected chi connectivity index (χ0v) is 20.1. The minimum Gasteiger partial charge on any atom is -0.504 e. The lowest BCUT2D eigenvalue weighted by Gasteiger charge is -2.26. The highest BCUT2D eigenvalue weighted by atomic mass is 16.7. The van der Waals surface area contributed by atoms with Crippen LogP contribution in [-0.4, -0.2) is 52.4 Å². The van der Waals surface area contributed by atoms with Crippen LogP contribution in [0.4, 0.5) is 10.5 Å². The van der Waals surface area contributed by atoms with Crippen molar-refractivity contribution in [3.63, 3.8) is 0 Å². The van der Waals surface area contributed by atoms with Crippen LogP contribution < -0.4 is 15.2 Å². The van der Waals surface area contributed by atoms with Gasteiger partial charge in [-0.25, -0.2) is 4.79 Å². The van der Waals surface area contributed by atoms with E-state index in [4.69, 9.17) is 5.11 Å². The van der Waals surface area contributed by atoms with Crippen LogP contribution in [0.15, 0.2) is 53.3 Å². The summed E-state index contributed by atoms with van der Waals surface area (Å²) in [6, 6.07) is 17.5. The summed E-state index contributed by atoms with van der Waals surface area (Å²) >= 11 is 0. The molecule has 6 rings (SSSR count). The van der Waals surface area contributed by atoms with Crippen LogP contribution in [-0.2, 0) is 19.4 Å². The van der Waals surface area contributed by atoms with Crippen LogP contribution in [0, 0.1) is 11.8 Å². The highest BCUT2D eigenvalue weighted by Crippen LogP contribution is 2.50. The molecule has 0 radical (unpaired) electrons. The van der Waals surface area contributed by atoms with Gasteiger partial charge < -0.3 is 24.8 Å². The third-order valence-electron chi connectivity index (χ3n) is 7.97. The first-order valence-corrected chi connectivity index (χ1v) is 12.4. The number of hydrogen-bond acceptors (Lipinski definition) is 6. The molecule has 2 aliphatic carbocycles. The number of piperidine rings is 1. The Labute approximate surface area is 208 Å². The van der Waals surface area contributed by atoms with E-state index in [1.165, 1.54) is 11.3 Å². The van der Waals surface area contributed by atoms with E-state index in [0.29, 0.717) is 35.6 Å². The van der Waals surface area contributed by atoms with Gasteiger partial charge in [-0.3, -0.25) is 9.69 Å². The standard InChI is InChI=1S/C28H29N3O5/c1-30(13-16-6-3-2-4-7-16)24-21-14-31(15-22(21)24)18-10-11-19-17(12-18)8-5-9-20-23(19)29-27(33)26(25(20)32)36-28(34)35/h2-4,6-7,10-12,21-22,24H,5,8-9,13-15H2,1H3,(H,34,35)(H2,29,32,33)/t21-,22+,24?. The van der Waals surface area contributed by atoms with Crippen molar-refractivity contribution in [3.8, 4) is 22.8 Å². The van der Waals surface area contributed by atoms with Gasteiger partial charge in [0.05, 0.1) is 5.69 Å². The van der Waals surface area contributed by atoms with Gasteiger partial charge in [0.1, 0.15) is 0 Å². The number of hydrogen-bond donors (Lipinski definition) is 3. The Bertz CT molecular complexity index is 1370. The molecule has 1 aromatic heterocycles. The van der Waals surface area contributed by atoms with E-state index in [9.17, 15) is 14.7 Å². The van der Waals surface area contributed by atoms with Gasteiger partial charge in [0.2, 0.25) is 5.75 Å². The fourth-order valence-electron chi connectivity index (χ4n) is 6.28. The molecule has 2 heterocycles. The Morgan fingerprint density at radius 2 is 1.89 bits per heavy atom. The zero-order chi connectivity index (χ0) is 25.0. The quantitative estimate of drug-likeness (QED) is 0.469. The van der Waals surface area contributed by atoms with Crippen LogP contribution in [0.1, 0.15) is 23.1 Å². The molecule has 8 nitrogen and oxygen atoms in total. The second-order valence-electron chi connectivity index (χ2n) is 10.2. The van der Waals surface area contributed by atoms with Crippen LogP contribution in [0.25, 0.3) is 11.3 Å². The molecule has 1 saturated heterocycles. The van der Waals surface area contributed by atoms with Gasteiger partial charge in [0.15, 0.2) is 5.75 Å². The van der Waals surface area contributed by atoms with Crippen molar-refractivity contribution in [2.24, 2.45) is 11.8 Å². The fraction of sp³-hybridized carbons (Fsp3) is 0.357. The first-order chi connectivity index (χ1) is 17.4. The predicted octanol–water partition coefficient (Wildman–Crippen LogP) is 3.86. The number of H-pyrrole nitrogens is 1. The number of nitrogens with one attached hydrogen (secondary N) is 1. The van der Waals surface area contributed by atoms with E-state index in [1.54, 1.807) is 0 Å². The van der Waals surface area contributed by atoms with Crippen LogP contribution in [0.5, 0.6) is 11.5 Å². The monoisotopic (exact) mass is 487 g/mol. The van der Waals surface area contributed by atoms with Crippen molar-refractivity contribution < 1.29 is 19.7 Å². The van der Waals surface area contributed by atoms with Crippen molar-refractivity contribution in [1.29, 1.82) is 0 Å². The average molecular weight is 488 g/mol. The molecule has 0 bridgehead atoms. The van der Waals surface area contributed by atoms with Gasteiger partial charge in [0, 0.05) is 42.5 Å². The van der Waals surface area contributed by atoms with Crippen LogP contribution in [0.3, 0.4) is 0 Å². The zero-order valence-electron chi connectivity index (χ0n) is 20.1. The average Bonchev–Trinajstić information content (AvgIpc) is 3.43. The lowest BCUT2D eigenvalue weighted by Crippen LogP contribution is -2.32. The summed E-state index contributed by atoms with van der Waals surface area (Å²) in [4.78, 5) is 31.1. The largest absolute Gasteiger partial charge is 0.511 e. The van der Waals surface area contributed by atoms with Gasteiger partial charge in [-0.1, -0.05) is 36.4 Å². The molecule has 0 amide bonds. The molecular formula is C28H29N3O5. The number of ether oxygens (including phenoxy) is 1. The van der Waals surface area contributed by atoms with Crippen molar-refractivity contribution >= 4 is 11.8 Å². The molecule has 3 atom stereocenters. The first kappa shape index (κ1) is 22.7. The summed E-state index contributed by atoms with van der Waals surface area (Å²) in [5, 5.41) is 19.5. The lowest BCUT2D eigenvalue weighted by molar-refractivity contribution is 0.142. The molecule has 2 aromatic carbocycles. The number of nitrogens with zero attached hydrogens (tertiary/aromatic N) is 2. The maximum atomic E-state index is 12.5. The van der Waals surface area contributed by atoms with E-state index in [0.717, 1.165) is 43.6 Å². The summed E-state index contributed by atoms with van der Waals surface area (Å²) in [5.41, 5.74) is 4.82. The Hall–Kier alpha value is -3.78. The summed E-state index contributed by atoms with van der Waals surface area (Å²) in [5.74, 6) is 0.404. The lowest BCUT2D eigenvalue weighted by atomic mass is 10.00. The number of aromatic nitrogens is 1. The van der Waals surface area contributed by atoms with Crippen LogP contribution >= 0.6 is 0 Å². The number of aromatic hydroxyl groups is 1. The SMILES string of the molecule is CN(Cc1ccccc1)C1[C@H]2CN(c3ccc4c(c3)CCCc3c-4[nH]c(=O)c(OC(=O)O)c3O)C[C@@H]12. The highest BCUT2D eigenvalue weighted by molar-refractivity contribution is 5.75. The maximum absolute atomic E-state index is 12.5. The van der Waals surface area contributed by atoms with Crippen LogP contribution in [0.2, 0.25) is 0 Å². The molecule has 36 heavy (non-hydrogen) atoms. The van der Waals surface area contributed by atoms with Gasteiger partial charge >= 0.3 is 6.16 Å². The molecule has 186 valence electrons. The van der Waals surface area contributed by atoms with Gasteiger partial charge in [-0.05, 0) is 61.4 Å². The number of fused-ring (bicyclic) bond motifs is 4. The molecule has 2 fully saturated rings. The summed E-state index contributed by atoms with van der Waals surface area (Å²) < 4.78 is 4.54. The Morgan fingerprint density at radius 3 is 2.61 bits per heavy atom. The topological polar surface area (TPSA) is 106 Å². The van der Waals surface area contributed by atoms with E-state index < -0.39 is 23.2 Å². The summed E-state index contributed by atoms with van der Waals surface area (Å²) in [6.07, 6.45) is 0.456. The number of anilines is 1. The molecule has 0 spiro atoms. The second-order valence-corrected chi connectivity index (χ2v) is 10.2. The molecule has 3 aliphatic rings. The molecule has 1 saturated carbocycles. The van der Waals surface area contributed by atoms with Crippen molar-refractivity contribution in [2.75, 3.05) is 25.0 Å².